The molecule has 1 atom stereocenters. The topological polar surface area (TPSA) is 73.2 Å². The predicted molar refractivity (Wildman–Crippen MR) is 101 cm³/mol. The van der Waals surface area contributed by atoms with Gasteiger partial charge < -0.3 is 10.1 Å². The molecule has 8 heteroatoms. The van der Waals surface area contributed by atoms with Crippen molar-refractivity contribution in [1.82, 2.24) is 14.9 Å². The number of rotatable bonds is 8. The number of nitrogens with zero attached hydrogens (tertiary/aromatic N) is 2. The van der Waals surface area contributed by atoms with Gasteiger partial charge >= 0.3 is 0 Å². The summed E-state index contributed by atoms with van der Waals surface area (Å²) in [6.07, 6.45) is 4.11. The van der Waals surface area contributed by atoms with Gasteiger partial charge in [0.1, 0.15) is 4.70 Å². The van der Waals surface area contributed by atoms with E-state index in [2.05, 4.69) is 17.2 Å². The molecule has 1 saturated heterocycles. The van der Waals surface area contributed by atoms with Crippen molar-refractivity contribution in [2.75, 3.05) is 18.9 Å². The minimum absolute atomic E-state index is 0.00397. The number of hydrogen-bond acceptors (Lipinski definition) is 6. The Morgan fingerprint density at radius 2 is 2.44 bits per heavy atom. The molecule has 3 rings (SSSR count). The highest BCUT2D eigenvalue weighted by Crippen LogP contribution is 2.21. The van der Waals surface area contributed by atoms with Gasteiger partial charge in [-0.1, -0.05) is 25.1 Å². The Bertz CT molecular complexity index is 781. The number of ether oxygens (including phenoxy) is 1. The van der Waals surface area contributed by atoms with Gasteiger partial charge in [-0.05, 0) is 30.7 Å². The summed E-state index contributed by atoms with van der Waals surface area (Å²) in [5.74, 6) is 0.197. The first-order valence-electron chi connectivity index (χ1n) is 8.68. The number of aromatic nitrogens is 2. The lowest BCUT2D eigenvalue weighted by Crippen LogP contribution is -2.33. The standard InChI is InChI=1S/C17H23N3O3S2/c1-2-3-7-20-16(22)15-13(6-9-24-15)19-17(20)25-11-14(21)18-10-12-5-4-8-23-12/h6,9,12H,2-5,7-8,10-11H2,1H3,(H,18,21)/t12-/m0/s1. The highest BCUT2D eigenvalue weighted by Gasteiger charge is 2.17. The van der Waals surface area contributed by atoms with Crippen LogP contribution in [0.2, 0.25) is 0 Å². The highest BCUT2D eigenvalue weighted by molar-refractivity contribution is 7.99. The predicted octanol–water partition coefficient (Wildman–Crippen LogP) is 2.65. The Morgan fingerprint density at radius 1 is 1.56 bits per heavy atom. The van der Waals surface area contributed by atoms with Crippen LogP contribution in [0.5, 0.6) is 0 Å². The molecular formula is C17H23N3O3S2. The zero-order chi connectivity index (χ0) is 17.6. The SMILES string of the molecule is CCCCn1c(SCC(=O)NC[C@@H]2CCCO2)nc2ccsc2c1=O. The second-order valence-electron chi connectivity index (χ2n) is 6.07. The summed E-state index contributed by atoms with van der Waals surface area (Å²) >= 11 is 2.74. The quantitative estimate of drug-likeness (QED) is 0.562. The smallest absolute Gasteiger partial charge is 0.272 e. The fourth-order valence-electron chi connectivity index (χ4n) is 2.76. The summed E-state index contributed by atoms with van der Waals surface area (Å²) in [7, 11) is 0. The lowest BCUT2D eigenvalue weighted by molar-refractivity contribution is -0.119. The third-order valence-electron chi connectivity index (χ3n) is 4.15. The molecule has 1 amide bonds. The lowest BCUT2D eigenvalue weighted by atomic mass is 10.2. The number of carbonyl (C=O) groups is 1. The van der Waals surface area contributed by atoms with E-state index in [-0.39, 0.29) is 23.3 Å². The van der Waals surface area contributed by atoms with E-state index in [1.165, 1.54) is 23.1 Å². The van der Waals surface area contributed by atoms with Crippen LogP contribution in [-0.2, 0) is 16.1 Å². The number of carbonyl (C=O) groups excluding carboxylic acids is 1. The van der Waals surface area contributed by atoms with E-state index in [4.69, 9.17) is 4.74 Å². The molecular weight excluding hydrogens is 358 g/mol. The molecule has 2 aromatic heterocycles. The molecule has 6 nitrogen and oxygen atoms in total. The second kappa shape index (κ2) is 8.82. The van der Waals surface area contributed by atoms with Gasteiger partial charge in [-0.2, -0.15) is 0 Å². The molecule has 1 aliphatic heterocycles. The van der Waals surface area contributed by atoms with Gasteiger partial charge in [0.15, 0.2) is 5.16 Å². The number of thiophene rings is 1. The number of nitrogens with one attached hydrogen (secondary N) is 1. The minimum atomic E-state index is -0.0535. The van der Waals surface area contributed by atoms with Crippen molar-refractivity contribution < 1.29 is 9.53 Å². The second-order valence-corrected chi connectivity index (χ2v) is 7.93. The molecule has 0 radical (unpaired) electrons. The van der Waals surface area contributed by atoms with E-state index >= 15 is 0 Å². The normalized spacial score (nSPS) is 17.2. The maximum atomic E-state index is 12.7. The molecule has 0 saturated carbocycles. The van der Waals surface area contributed by atoms with Crippen molar-refractivity contribution >= 4 is 39.2 Å². The maximum Gasteiger partial charge on any atom is 0.272 e. The highest BCUT2D eigenvalue weighted by atomic mass is 32.2. The zero-order valence-electron chi connectivity index (χ0n) is 14.3. The van der Waals surface area contributed by atoms with Gasteiger partial charge in [-0.3, -0.25) is 14.2 Å². The summed E-state index contributed by atoms with van der Waals surface area (Å²) in [5.41, 5.74) is 0.709. The van der Waals surface area contributed by atoms with Crippen molar-refractivity contribution in [3.63, 3.8) is 0 Å². The van der Waals surface area contributed by atoms with Crippen LogP contribution in [0.4, 0.5) is 0 Å². The molecule has 1 fully saturated rings. The molecule has 3 heterocycles. The molecule has 2 aromatic rings. The fourth-order valence-corrected chi connectivity index (χ4v) is 4.39. The maximum absolute atomic E-state index is 12.7. The van der Waals surface area contributed by atoms with Crippen LogP contribution in [0.3, 0.4) is 0 Å². The Balaban J connectivity index is 1.66. The first-order chi connectivity index (χ1) is 12.2. The van der Waals surface area contributed by atoms with Crippen LogP contribution < -0.4 is 10.9 Å². The van der Waals surface area contributed by atoms with Gasteiger partial charge in [0.05, 0.1) is 17.4 Å². The van der Waals surface area contributed by atoms with E-state index in [9.17, 15) is 9.59 Å². The molecule has 0 unspecified atom stereocenters. The van der Waals surface area contributed by atoms with Crippen LogP contribution in [0.15, 0.2) is 21.4 Å². The van der Waals surface area contributed by atoms with Crippen molar-refractivity contribution in [2.45, 2.75) is 50.4 Å². The largest absolute Gasteiger partial charge is 0.376 e. The number of hydrogen-bond donors (Lipinski definition) is 1. The van der Waals surface area contributed by atoms with Gasteiger partial charge in [-0.15, -0.1) is 11.3 Å². The average Bonchev–Trinajstić information content (AvgIpc) is 3.29. The molecule has 0 spiro atoms. The molecule has 0 aromatic carbocycles. The fraction of sp³-hybridized carbons (Fsp3) is 0.588. The van der Waals surface area contributed by atoms with Crippen LogP contribution in [0, 0.1) is 0 Å². The summed E-state index contributed by atoms with van der Waals surface area (Å²) in [6, 6.07) is 1.85. The Labute approximate surface area is 155 Å². The third kappa shape index (κ3) is 4.62. The summed E-state index contributed by atoms with van der Waals surface area (Å²) in [5, 5.41) is 5.41. The van der Waals surface area contributed by atoms with Gasteiger partial charge in [0.25, 0.3) is 5.56 Å². The summed E-state index contributed by atoms with van der Waals surface area (Å²) in [4.78, 5) is 29.4. The summed E-state index contributed by atoms with van der Waals surface area (Å²) in [6.45, 7) is 4.06. The van der Waals surface area contributed by atoms with Crippen LogP contribution >= 0.6 is 23.1 Å². The first-order valence-corrected chi connectivity index (χ1v) is 10.5. The van der Waals surface area contributed by atoms with Gasteiger partial charge in [0.2, 0.25) is 5.91 Å². The van der Waals surface area contributed by atoms with Crippen LogP contribution in [0.1, 0.15) is 32.6 Å². The molecule has 0 aliphatic carbocycles. The lowest BCUT2D eigenvalue weighted by Gasteiger charge is -2.13. The van der Waals surface area contributed by atoms with E-state index in [1.54, 1.807) is 4.57 Å². The van der Waals surface area contributed by atoms with E-state index in [1.807, 2.05) is 11.4 Å². The number of amides is 1. The summed E-state index contributed by atoms with van der Waals surface area (Å²) < 4.78 is 7.90. The van der Waals surface area contributed by atoms with E-state index in [0.29, 0.717) is 28.5 Å². The Kier molecular flexibility index (Phi) is 6.50. The van der Waals surface area contributed by atoms with Crippen molar-refractivity contribution in [1.29, 1.82) is 0 Å². The number of thioether (sulfide) groups is 1. The molecule has 25 heavy (non-hydrogen) atoms. The van der Waals surface area contributed by atoms with Crippen molar-refractivity contribution in [3.05, 3.63) is 21.8 Å². The Morgan fingerprint density at radius 3 is 3.20 bits per heavy atom. The molecule has 136 valence electrons. The Hall–Kier alpha value is -1.38. The van der Waals surface area contributed by atoms with Crippen LogP contribution in [0.25, 0.3) is 10.2 Å². The van der Waals surface area contributed by atoms with Crippen LogP contribution in [-0.4, -0.2) is 40.5 Å². The molecule has 1 N–H and O–H groups in total. The van der Waals surface area contributed by atoms with Crippen molar-refractivity contribution in [2.24, 2.45) is 0 Å². The zero-order valence-corrected chi connectivity index (χ0v) is 16.0. The number of unbranched alkanes of at least 4 members (excludes halogenated alkanes) is 1. The number of fused-ring (bicyclic) bond motifs is 1. The van der Waals surface area contributed by atoms with E-state index < -0.39 is 0 Å². The van der Waals surface area contributed by atoms with Gasteiger partial charge in [0, 0.05) is 19.7 Å². The van der Waals surface area contributed by atoms with Crippen molar-refractivity contribution in [3.8, 4) is 0 Å². The first kappa shape index (κ1) is 18.4. The minimum Gasteiger partial charge on any atom is -0.376 e. The molecule has 0 bridgehead atoms. The van der Waals surface area contributed by atoms with E-state index in [0.717, 1.165) is 32.3 Å². The third-order valence-corrected chi connectivity index (χ3v) is 6.02. The average molecular weight is 382 g/mol. The molecule has 1 aliphatic rings. The van der Waals surface area contributed by atoms with Gasteiger partial charge in [-0.25, -0.2) is 4.98 Å². The monoisotopic (exact) mass is 381 g/mol.